The van der Waals surface area contributed by atoms with Gasteiger partial charge in [-0.2, -0.15) is 18.3 Å². The van der Waals surface area contributed by atoms with Gasteiger partial charge in [0.2, 0.25) is 0 Å². The number of aliphatic carboxylic acids is 1. The van der Waals surface area contributed by atoms with Crippen LogP contribution in [0.15, 0.2) is 0 Å². The highest BCUT2D eigenvalue weighted by Crippen LogP contribution is 2.35. The topological polar surface area (TPSA) is 92.0 Å². The Morgan fingerprint density at radius 2 is 2.13 bits per heavy atom. The van der Waals surface area contributed by atoms with Crippen molar-refractivity contribution in [2.24, 2.45) is 5.73 Å². The summed E-state index contributed by atoms with van der Waals surface area (Å²) in [6, 6.07) is -1.87. The van der Waals surface area contributed by atoms with E-state index < -0.39 is 34.6 Å². The first-order chi connectivity index (χ1) is 6.75. The summed E-state index contributed by atoms with van der Waals surface area (Å²) < 4.78 is 36.9. The summed E-state index contributed by atoms with van der Waals surface area (Å²) in [4.78, 5) is 10.4. The van der Waals surface area contributed by atoms with Crippen LogP contribution in [0.4, 0.5) is 13.2 Å². The molecule has 0 aliphatic heterocycles. The number of halogens is 4. The lowest BCUT2D eigenvalue weighted by molar-refractivity contribution is -0.143. The summed E-state index contributed by atoms with van der Waals surface area (Å²) in [5.74, 6) is -1.62. The molecule has 1 aromatic rings. The van der Waals surface area contributed by atoms with E-state index in [1.54, 1.807) is 5.10 Å². The molecule has 1 atom stereocenters. The van der Waals surface area contributed by atoms with Crippen LogP contribution in [-0.2, 0) is 11.0 Å². The van der Waals surface area contributed by atoms with Gasteiger partial charge in [0.25, 0.3) is 0 Å². The van der Waals surface area contributed by atoms with Crippen molar-refractivity contribution in [2.45, 2.75) is 12.2 Å². The molecule has 4 N–H and O–H groups in total. The van der Waals surface area contributed by atoms with Gasteiger partial charge in [0.05, 0.1) is 0 Å². The molecule has 0 aliphatic rings. The summed E-state index contributed by atoms with van der Waals surface area (Å²) in [7, 11) is 0. The lowest BCUT2D eigenvalue weighted by Gasteiger charge is -2.09. The number of aromatic nitrogens is 2. The molecule has 9 heteroatoms. The predicted octanol–water partition coefficient (Wildman–Crippen LogP) is 1.17. The number of carbonyl (C=O) groups is 1. The zero-order valence-corrected chi connectivity index (χ0v) is 7.73. The third-order valence-corrected chi connectivity index (χ3v) is 1.91. The standard InChI is InChI=1S/C6H5ClF3N3O2/c7-4-1(2(11)5(14)15)3(12-13-4)6(8,9)10/h2H,11H2,(H,12,13)(H,14,15). The van der Waals surface area contributed by atoms with Crippen molar-refractivity contribution in [3.63, 3.8) is 0 Å². The number of alkyl halides is 3. The lowest BCUT2D eigenvalue weighted by Crippen LogP contribution is -2.24. The van der Waals surface area contributed by atoms with E-state index in [-0.39, 0.29) is 0 Å². The molecule has 1 heterocycles. The first-order valence-electron chi connectivity index (χ1n) is 3.54. The third kappa shape index (κ3) is 2.21. The van der Waals surface area contributed by atoms with E-state index in [4.69, 9.17) is 22.4 Å². The molecule has 0 radical (unpaired) electrons. The Balaban J connectivity index is 3.27. The van der Waals surface area contributed by atoms with E-state index in [1.165, 1.54) is 0 Å². The van der Waals surface area contributed by atoms with Gasteiger partial charge in [-0.3, -0.25) is 9.89 Å². The van der Waals surface area contributed by atoms with Crippen LogP contribution in [0, 0.1) is 0 Å². The van der Waals surface area contributed by atoms with Crippen LogP contribution in [0.25, 0.3) is 0 Å². The average molecular weight is 244 g/mol. The number of rotatable bonds is 2. The Labute approximate surface area is 86.0 Å². The van der Waals surface area contributed by atoms with Crippen LogP contribution in [0.2, 0.25) is 5.15 Å². The maximum atomic E-state index is 12.3. The minimum Gasteiger partial charge on any atom is -0.480 e. The third-order valence-electron chi connectivity index (χ3n) is 1.62. The number of nitrogens with one attached hydrogen (secondary N) is 1. The molecule has 0 spiro atoms. The smallest absolute Gasteiger partial charge is 0.433 e. The second-order valence-electron chi connectivity index (χ2n) is 2.62. The second kappa shape index (κ2) is 3.70. The first kappa shape index (κ1) is 11.8. The Kier molecular flexibility index (Phi) is 2.91. The van der Waals surface area contributed by atoms with Crippen LogP contribution in [0.3, 0.4) is 0 Å². The molecular formula is C6H5ClF3N3O2. The van der Waals surface area contributed by atoms with Gasteiger partial charge in [-0.15, -0.1) is 0 Å². The van der Waals surface area contributed by atoms with E-state index in [0.29, 0.717) is 0 Å². The van der Waals surface area contributed by atoms with Crippen molar-refractivity contribution >= 4 is 17.6 Å². The molecular weight excluding hydrogens is 239 g/mol. The molecule has 0 bridgehead atoms. The number of hydrogen-bond donors (Lipinski definition) is 3. The number of carboxylic acid groups (broad SMARTS) is 1. The van der Waals surface area contributed by atoms with Gasteiger partial charge in [-0.25, -0.2) is 0 Å². The first-order valence-corrected chi connectivity index (χ1v) is 3.92. The molecule has 1 unspecified atom stereocenters. The van der Waals surface area contributed by atoms with Crippen LogP contribution in [-0.4, -0.2) is 21.3 Å². The van der Waals surface area contributed by atoms with Gasteiger partial charge in [0, 0.05) is 5.56 Å². The molecule has 0 amide bonds. The molecule has 1 aromatic heterocycles. The van der Waals surface area contributed by atoms with E-state index in [9.17, 15) is 18.0 Å². The molecule has 5 nitrogen and oxygen atoms in total. The van der Waals surface area contributed by atoms with Crippen molar-refractivity contribution in [3.05, 3.63) is 16.4 Å². The van der Waals surface area contributed by atoms with Gasteiger partial charge >= 0.3 is 12.1 Å². The largest absolute Gasteiger partial charge is 0.480 e. The number of nitrogens with two attached hydrogens (primary N) is 1. The number of H-pyrrole nitrogens is 1. The maximum Gasteiger partial charge on any atom is 0.433 e. The lowest BCUT2D eigenvalue weighted by atomic mass is 10.1. The van der Waals surface area contributed by atoms with Gasteiger partial charge < -0.3 is 10.8 Å². The highest BCUT2D eigenvalue weighted by Gasteiger charge is 2.40. The van der Waals surface area contributed by atoms with Gasteiger partial charge in [0.1, 0.15) is 11.7 Å². The van der Waals surface area contributed by atoms with E-state index >= 15 is 0 Å². The molecule has 84 valence electrons. The molecule has 0 aromatic carbocycles. The SMILES string of the molecule is NC(C(=O)O)c1c(Cl)n[nH]c1C(F)(F)F. The average Bonchev–Trinajstić information content (AvgIpc) is 2.44. The van der Waals surface area contributed by atoms with Crippen LogP contribution in [0.1, 0.15) is 17.3 Å². The summed E-state index contributed by atoms with van der Waals surface area (Å²) in [5, 5.41) is 12.5. The van der Waals surface area contributed by atoms with Crippen LogP contribution in [0.5, 0.6) is 0 Å². The summed E-state index contributed by atoms with van der Waals surface area (Å²) >= 11 is 5.30. The van der Waals surface area contributed by atoms with Crippen LogP contribution < -0.4 is 5.73 Å². The zero-order chi connectivity index (χ0) is 11.8. The fraction of sp³-hybridized carbons (Fsp3) is 0.333. The van der Waals surface area contributed by atoms with Gasteiger partial charge in [-0.05, 0) is 0 Å². The Bertz CT molecular complexity index is 389. The monoisotopic (exact) mass is 243 g/mol. The fourth-order valence-corrected chi connectivity index (χ4v) is 1.21. The van der Waals surface area contributed by atoms with Crippen molar-refractivity contribution in [3.8, 4) is 0 Å². The summed E-state index contributed by atoms with van der Waals surface area (Å²) in [5.41, 5.74) is 2.92. The van der Waals surface area contributed by atoms with Crippen molar-refractivity contribution in [2.75, 3.05) is 0 Å². The molecule has 15 heavy (non-hydrogen) atoms. The second-order valence-corrected chi connectivity index (χ2v) is 2.97. The van der Waals surface area contributed by atoms with Crippen LogP contribution >= 0.6 is 11.6 Å². The quantitative estimate of drug-likeness (QED) is 0.727. The minimum absolute atomic E-state index is 0.600. The summed E-state index contributed by atoms with van der Waals surface area (Å²) in [6.07, 6.45) is -4.78. The molecule has 0 fully saturated rings. The highest BCUT2D eigenvalue weighted by molar-refractivity contribution is 6.30. The Hall–Kier alpha value is -1.28. The molecule has 1 rings (SSSR count). The van der Waals surface area contributed by atoms with E-state index in [2.05, 4.69) is 5.10 Å². The number of nitrogens with zero attached hydrogens (tertiary/aromatic N) is 1. The van der Waals surface area contributed by atoms with Gasteiger partial charge in [0.15, 0.2) is 5.15 Å². The maximum absolute atomic E-state index is 12.3. The Morgan fingerprint density at radius 1 is 1.60 bits per heavy atom. The van der Waals surface area contributed by atoms with Crippen molar-refractivity contribution in [1.82, 2.24) is 10.2 Å². The number of hydrogen-bond acceptors (Lipinski definition) is 3. The zero-order valence-electron chi connectivity index (χ0n) is 6.97. The van der Waals surface area contributed by atoms with Gasteiger partial charge in [-0.1, -0.05) is 11.6 Å². The summed E-state index contributed by atoms with van der Waals surface area (Å²) in [6.45, 7) is 0. The number of carboxylic acids is 1. The minimum atomic E-state index is -4.78. The van der Waals surface area contributed by atoms with Crippen molar-refractivity contribution < 1.29 is 23.1 Å². The van der Waals surface area contributed by atoms with E-state index in [1.807, 2.05) is 0 Å². The fourth-order valence-electron chi connectivity index (χ4n) is 0.952. The predicted molar refractivity (Wildman–Crippen MR) is 43.2 cm³/mol. The highest BCUT2D eigenvalue weighted by atomic mass is 35.5. The van der Waals surface area contributed by atoms with Crippen molar-refractivity contribution in [1.29, 1.82) is 0 Å². The Morgan fingerprint density at radius 3 is 2.53 bits per heavy atom. The molecule has 0 saturated carbocycles. The molecule has 0 aliphatic carbocycles. The normalized spacial score (nSPS) is 13.9. The number of aromatic amines is 1. The molecule has 0 saturated heterocycles. The van der Waals surface area contributed by atoms with E-state index in [0.717, 1.165) is 0 Å².